The lowest BCUT2D eigenvalue weighted by molar-refractivity contribution is 0.482. The van der Waals surface area contributed by atoms with Gasteiger partial charge in [-0.1, -0.05) is 54.1 Å². The van der Waals surface area contributed by atoms with Crippen LogP contribution in [0.2, 0.25) is 0 Å². The van der Waals surface area contributed by atoms with Gasteiger partial charge >= 0.3 is 0 Å². The van der Waals surface area contributed by atoms with Crippen molar-refractivity contribution >= 4 is 39.1 Å². The summed E-state index contributed by atoms with van der Waals surface area (Å²) in [5, 5.41) is 19.6. The van der Waals surface area contributed by atoms with Crippen LogP contribution in [0, 0.1) is 42.4 Å². The van der Waals surface area contributed by atoms with Gasteiger partial charge in [0.1, 0.15) is 17.7 Å². The minimum atomic E-state index is -3.85. The molecule has 1 aliphatic heterocycles. The van der Waals surface area contributed by atoms with Gasteiger partial charge in [-0.05, 0) is 67.0 Å². The summed E-state index contributed by atoms with van der Waals surface area (Å²) in [6, 6.07) is 26.6. The van der Waals surface area contributed by atoms with E-state index >= 15 is 0 Å². The number of rotatable bonds is 8. The summed E-state index contributed by atoms with van der Waals surface area (Å²) >= 11 is 3.29. The zero-order valence-corrected chi connectivity index (χ0v) is 23.1. The average molecular weight is 546 g/mol. The number of sulfonamides is 1. The van der Waals surface area contributed by atoms with Crippen molar-refractivity contribution in [1.29, 1.82) is 10.5 Å². The quantitative estimate of drug-likeness (QED) is 0.262. The maximum absolute atomic E-state index is 13.6. The number of nitriles is 2. The van der Waals surface area contributed by atoms with Crippen LogP contribution in [-0.4, -0.2) is 26.0 Å². The Hall–Kier alpha value is -3.01. The van der Waals surface area contributed by atoms with Gasteiger partial charge in [0, 0.05) is 27.5 Å². The normalized spacial score (nSPS) is 15.8. The van der Waals surface area contributed by atoms with E-state index in [0.717, 1.165) is 20.9 Å². The first kappa shape index (κ1) is 27.0. The standard InChI is InChI=1S/C29H27N3O2S3/c1-20-12-13-28(21(2)16-20)37(33,34)32-26(14-15-35-23-8-4-3-5-9-23)25-19-36-27-11-7-6-10-24(27)29(25)22(17-30)18-31/h3-13,16,25-26,32H,14-15,19H2,1-2H3/t25-,26-/m0/s1. The molecule has 5 nitrogen and oxygen atoms in total. The highest BCUT2D eigenvalue weighted by Crippen LogP contribution is 2.44. The smallest absolute Gasteiger partial charge is 0.207 e. The van der Waals surface area contributed by atoms with Gasteiger partial charge in [0.25, 0.3) is 0 Å². The highest BCUT2D eigenvalue weighted by atomic mass is 32.2. The van der Waals surface area contributed by atoms with Crippen LogP contribution in [0.15, 0.2) is 93.1 Å². The highest BCUT2D eigenvalue weighted by molar-refractivity contribution is 7.99. The molecule has 0 spiro atoms. The molecule has 0 saturated carbocycles. The third kappa shape index (κ3) is 6.29. The maximum Gasteiger partial charge on any atom is 0.241 e. The fourth-order valence-electron chi connectivity index (χ4n) is 4.59. The van der Waals surface area contributed by atoms with Gasteiger partial charge in [-0.25, -0.2) is 13.1 Å². The largest absolute Gasteiger partial charge is 0.241 e. The average Bonchev–Trinajstić information content (AvgIpc) is 2.89. The SMILES string of the molecule is Cc1ccc(S(=O)(=O)N[C@@H](CCSc2ccccc2)[C@@H]2CSc3ccccc3C2=C(C#N)C#N)c(C)c1. The molecular weight excluding hydrogens is 519 g/mol. The van der Waals surface area contributed by atoms with E-state index in [2.05, 4.69) is 16.9 Å². The molecule has 8 heteroatoms. The second-order valence-corrected chi connectivity index (χ2v) is 12.8. The topological polar surface area (TPSA) is 93.8 Å². The third-order valence-corrected chi connectivity index (χ3v) is 10.2. The van der Waals surface area contributed by atoms with E-state index < -0.39 is 16.1 Å². The molecule has 0 aromatic heterocycles. The number of aryl methyl sites for hydroxylation is 2. The fourth-order valence-corrected chi connectivity index (χ4v) is 8.35. The molecule has 0 fully saturated rings. The predicted octanol–water partition coefficient (Wildman–Crippen LogP) is 6.36. The first-order chi connectivity index (χ1) is 17.8. The second-order valence-electron chi connectivity index (χ2n) is 8.87. The van der Waals surface area contributed by atoms with Crippen molar-refractivity contribution in [3.8, 4) is 12.1 Å². The predicted molar refractivity (Wildman–Crippen MR) is 151 cm³/mol. The summed E-state index contributed by atoms with van der Waals surface area (Å²) in [5.74, 6) is 0.898. The molecule has 0 radical (unpaired) electrons. The van der Waals surface area contributed by atoms with Gasteiger partial charge in [0.15, 0.2) is 0 Å². The summed E-state index contributed by atoms with van der Waals surface area (Å²) in [6.07, 6.45) is 0.532. The van der Waals surface area contributed by atoms with Crippen LogP contribution < -0.4 is 4.72 Å². The van der Waals surface area contributed by atoms with Gasteiger partial charge in [-0.3, -0.25) is 0 Å². The molecule has 3 aromatic carbocycles. The lowest BCUT2D eigenvalue weighted by atomic mass is 9.84. The summed E-state index contributed by atoms with van der Waals surface area (Å²) < 4.78 is 30.3. The zero-order chi connectivity index (χ0) is 26.4. The van der Waals surface area contributed by atoms with Crippen LogP contribution in [0.25, 0.3) is 5.57 Å². The summed E-state index contributed by atoms with van der Waals surface area (Å²) in [6.45, 7) is 3.73. The van der Waals surface area contributed by atoms with Crippen LogP contribution in [0.4, 0.5) is 0 Å². The Morgan fingerprint density at radius 1 is 1.05 bits per heavy atom. The number of fused-ring (bicyclic) bond motifs is 1. The minimum absolute atomic E-state index is 0.0316. The van der Waals surface area contributed by atoms with Crippen LogP contribution in [0.1, 0.15) is 23.1 Å². The van der Waals surface area contributed by atoms with E-state index in [1.54, 1.807) is 42.6 Å². The zero-order valence-electron chi connectivity index (χ0n) is 20.6. The molecule has 1 aliphatic rings. The first-order valence-corrected chi connectivity index (χ1v) is 15.3. The number of benzene rings is 3. The molecule has 188 valence electrons. The van der Waals surface area contributed by atoms with Gasteiger partial charge in [0.2, 0.25) is 10.0 Å². The molecule has 0 aliphatic carbocycles. The number of hydrogen-bond acceptors (Lipinski definition) is 6. The maximum atomic E-state index is 13.6. The van der Waals surface area contributed by atoms with Crippen molar-refractivity contribution < 1.29 is 8.42 Å². The van der Waals surface area contributed by atoms with Gasteiger partial charge in [0.05, 0.1) is 4.90 Å². The Morgan fingerprint density at radius 2 is 1.76 bits per heavy atom. The Balaban J connectivity index is 1.73. The molecule has 2 atom stereocenters. The Morgan fingerprint density at radius 3 is 2.46 bits per heavy atom. The van der Waals surface area contributed by atoms with Crippen LogP contribution in [-0.2, 0) is 10.0 Å². The molecule has 0 saturated heterocycles. The van der Waals surface area contributed by atoms with Gasteiger partial charge < -0.3 is 0 Å². The first-order valence-electron chi connectivity index (χ1n) is 11.9. The second kappa shape index (κ2) is 12.0. The fraction of sp³-hybridized carbons (Fsp3) is 0.241. The van der Waals surface area contributed by atoms with Crippen molar-refractivity contribution in [2.45, 2.75) is 41.0 Å². The summed E-state index contributed by atoms with van der Waals surface area (Å²) in [4.78, 5) is 2.34. The number of allylic oxidation sites excluding steroid dienone is 1. The molecule has 0 amide bonds. The Kier molecular flexibility index (Phi) is 8.79. The Bertz CT molecular complexity index is 1490. The molecule has 37 heavy (non-hydrogen) atoms. The highest BCUT2D eigenvalue weighted by Gasteiger charge is 2.36. The lowest BCUT2D eigenvalue weighted by Crippen LogP contribution is -2.43. The molecule has 4 rings (SSSR count). The van der Waals surface area contributed by atoms with Crippen molar-refractivity contribution in [3.63, 3.8) is 0 Å². The monoisotopic (exact) mass is 545 g/mol. The van der Waals surface area contributed by atoms with E-state index in [0.29, 0.717) is 29.1 Å². The van der Waals surface area contributed by atoms with E-state index in [4.69, 9.17) is 0 Å². The van der Waals surface area contributed by atoms with Crippen molar-refractivity contribution in [2.75, 3.05) is 11.5 Å². The summed E-state index contributed by atoms with van der Waals surface area (Å²) in [5.41, 5.74) is 3.15. The molecular formula is C29H27N3O2S3. The Labute approximate surface area is 227 Å². The summed E-state index contributed by atoms with van der Waals surface area (Å²) in [7, 11) is -3.85. The van der Waals surface area contributed by atoms with Crippen LogP contribution in [0.5, 0.6) is 0 Å². The molecule has 0 bridgehead atoms. The molecule has 3 aromatic rings. The number of hydrogen-bond donors (Lipinski definition) is 1. The lowest BCUT2D eigenvalue weighted by Gasteiger charge is -2.34. The molecule has 1 heterocycles. The van der Waals surface area contributed by atoms with Gasteiger partial charge in [-0.2, -0.15) is 10.5 Å². The van der Waals surface area contributed by atoms with E-state index in [1.165, 1.54) is 0 Å². The van der Waals surface area contributed by atoms with E-state index in [-0.39, 0.29) is 16.4 Å². The molecule has 0 unspecified atom stereocenters. The number of thioether (sulfide) groups is 2. The van der Waals surface area contributed by atoms with Gasteiger partial charge in [-0.15, -0.1) is 23.5 Å². The van der Waals surface area contributed by atoms with Crippen molar-refractivity contribution in [1.82, 2.24) is 4.72 Å². The third-order valence-electron chi connectivity index (χ3n) is 6.31. The number of nitrogens with one attached hydrogen (secondary N) is 1. The van der Waals surface area contributed by atoms with Crippen molar-refractivity contribution in [3.05, 3.63) is 95.1 Å². The van der Waals surface area contributed by atoms with E-state index in [9.17, 15) is 18.9 Å². The number of nitrogens with zero attached hydrogens (tertiary/aromatic N) is 2. The van der Waals surface area contributed by atoms with Crippen LogP contribution in [0.3, 0.4) is 0 Å². The van der Waals surface area contributed by atoms with E-state index in [1.807, 2.05) is 67.6 Å². The van der Waals surface area contributed by atoms with Crippen LogP contribution >= 0.6 is 23.5 Å². The van der Waals surface area contributed by atoms with Crippen molar-refractivity contribution in [2.24, 2.45) is 5.92 Å². The molecule has 1 N–H and O–H groups in total. The minimum Gasteiger partial charge on any atom is -0.207 e.